The Morgan fingerprint density at radius 2 is 1.10 bits per heavy atom. The third-order valence-corrected chi connectivity index (χ3v) is 0.824. The number of halogens is 1. The highest BCUT2D eigenvalue weighted by Crippen LogP contribution is 1.90. The second kappa shape index (κ2) is 4.90. The van der Waals surface area contributed by atoms with Gasteiger partial charge in [-0.1, -0.05) is 0 Å². The Labute approximate surface area is 63.3 Å². The van der Waals surface area contributed by atoms with Crippen LogP contribution in [0.4, 0.5) is 0 Å². The third kappa shape index (κ3) is 3.17. The molecule has 0 saturated carbocycles. The lowest BCUT2D eigenvalue weighted by molar-refractivity contribution is -0.113. The van der Waals surface area contributed by atoms with E-state index in [0.717, 1.165) is 0 Å². The van der Waals surface area contributed by atoms with E-state index in [1.54, 1.807) is 0 Å². The number of hydrogen-bond donors (Lipinski definition) is 1. The zero-order valence-corrected chi connectivity index (χ0v) is 5.84. The molecule has 3 nitrogen and oxygen atoms in total. The van der Waals surface area contributed by atoms with Gasteiger partial charge < -0.3 is 0 Å². The average Bonchev–Trinajstić information content (AvgIpc) is 2.00. The molecule has 10 heavy (non-hydrogen) atoms. The highest BCUT2D eigenvalue weighted by atomic mass is 35.5. The van der Waals surface area contributed by atoms with Crippen LogP contribution in [0.15, 0.2) is 24.3 Å². The first kappa shape index (κ1) is 9.07. The molecule has 0 aromatic rings. The quantitative estimate of drug-likeness (QED) is 0.410. The Morgan fingerprint density at radius 3 is 1.30 bits per heavy atom. The fourth-order valence-electron chi connectivity index (χ4n) is 0.440. The van der Waals surface area contributed by atoms with Gasteiger partial charge in [-0.2, -0.15) is 0 Å². The number of carbonyl (C=O) groups is 2. The van der Waals surface area contributed by atoms with Crippen molar-refractivity contribution in [2.75, 3.05) is 0 Å². The topological polar surface area (TPSA) is 60.2 Å². The zero-order chi connectivity index (χ0) is 7.98. The van der Waals surface area contributed by atoms with Crippen LogP contribution in [0.1, 0.15) is 0 Å². The van der Waals surface area contributed by atoms with Crippen LogP contribution in [-0.2, 0) is 9.59 Å². The zero-order valence-electron chi connectivity index (χ0n) is 5.08. The minimum atomic E-state index is -0.121. The predicted octanol–water partition coefficient (Wildman–Crippen LogP) is 0.350. The van der Waals surface area contributed by atoms with E-state index >= 15 is 0 Å². The van der Waals surface area contributed by atoms with Gasteiger partial charge in [-0.15, -0.1) is 0 Å². The largest absolute Gasteiger partial charge is 0.290 e. The van der Waals surface area contributed by atoms with Gasteiger partial charge >= 0.3 is 0 Å². The molecule has 0 spiro atoms. The Kier molecular flexibility index (Phi) is 4.45. The minimum Gasteiger partial charge on any atom is -0.290 e. The summed E-state index contributed by atoms with van der Waals surface area (Å²) in [6.45, 7) is 0. The van der Waals surface area contributed by atoms with Gasteiger partial charge in [0, 0.05) is 0 Å². The Balaban J connectivity index is 0.000000371. The molecule has 4 heteroatoms. The molecule has 54 valence electrons. The van der Waals surface area contributed by atoms with E-state index in [-0.39, 0.29) is 11.6 Å². The lowest BCUT2D eigenvalue weighted by Crippen LogP contribution is -1.97. The van der Waals surface area contributed by atoms with Crippen LogP contribution < -0.4 is 5.25 Å². The first-order valence-corrected chi connectivity index (χ1v) is 2.88. The van der Waals surface area contributed by atoms with Crippen molar-refractivity contribution in [3.63, 3.8) is 0 Å². The lowest BCUT2D eigenvalue weighted by Gasteiger charge is -1.87. The molecular weight excluding hydrogens is 154 g/mol. The summed E-state index contributed by atoms with van der Waals surface area (Å²) in [4.78, 5) is 20.6. The van der Waals surface area contributed by atoms with Crippen LogP contribution in [0.5, 0.6) is 0 Å². The van der Waals surface area contributed by atoms with E-state index in [2.05, 4.69) is 17.0 Å². The van der Waals surface area contributed by atoms with Crippen molar-refractivity contribution in [2.45, 2.75) is 0 Å². The molecule has 0 aromatic heterocycles. The van der Waals surface area contributed by atoms with Crippen molar-refractivity contribution >= 4 is 23.3 Å². The van der Waals surface area contributed by atoms with Crippen molar-refractivity contribution in [2.24, 2.45) is 5.25 Å². The summed E-state index contributed by atoms with van der Waals surface area (Å²) in [5, 5.41) is 3.97. The van der Waals surface area contributed by atoms with Crippen molar-refractivity contribution in [1.82, 2.24) is 0 Å². The van der Waals surface area contributed by atoms with E-state index in [4.69, 9.17) is 0 Å². The molecule has 0 bridgehead atoms. The number of rotatable bonds is 0. The van der Waals surface area contributed by atoms with Crippen LogP contribution in [0, 0.1) is 0 Å². The lowest BCUT2D eigenvalue weighted by atomic mass is 10.2. The van der Waals surface area contributed by atoms with Crippen LogP contribution in [0.25, 0.3) is 0 Å². The van der Waals surface area contributed by atoms with Gasteiger partial charge in [0.05, 0.1) is 0 Å². The van der Waals surface area contributed by atoms with Crippen LogP contribution >= 0.6 is 11.8 Å². The maximum Gasteiger partial charge on any atom is 0.178 e. The SMILES string of the molecule is NCl.O=C1C=CC(=O)C=C1. The average molecular weight is 160 g/mol. The number of nitrogens with two attached hydrogens (primary N) is 1. The standard InChI is InChI=1S/C6H4O2.ClH2N/c7-5-1-2-6(8)4-3-5;1-2/h1-4H;2H2. The maximum atomic E-state index is 10.3. The Morgan fingerprint density at radius 1 is 0.900 bits per heavy atom. The van der Waals surface area contributed by atoms with Crippen molar-refractivity contribution in [3.05, 3.63) is 24.3 Å². The highest BCUT2D eigenvalue weighted by Gasteiger charge is 1.97. The molecule has 0 amide bonds. The molecule has 2 N–H and O–H groups in total. The van der Waals surface area contributed by atoms with Gasteiger partial charge in [0.2, 0.25) is 0 Å². The molecule has 1 aliphatic rings. The van der Waals surface area contributed by atoms with E-state index < -0.39 is 0 Å². The molecule has 1 rings (SSSR count). The van der Waals surface area contributed by atoms with Crippen molar-refractivity contribution < 1.29 is 9.59 Å². The second-order valence-electron chi connectivity index (χ2n) is 1.47. The number of carbonyl (C=O) groups excluding carboxylic acids is 2. The summed E-state index contributed by atoms with van der Waals surface area (Å²) < 4.78 is 0. The van der Waals surface area contributed by atoms with Crippen molar-refractivity contribution in [3.8, 4) is 0 Å². The first-order chi connectivity index (χ1) is 4.79. The Hall–Kier alpha value is -0.930. The van der Waals surface area contributed by atoms with Gasteiger partial charge in [-0.3, -0.25) is 9.59 Å². The van der Waals surface area contributed by atoms with Gasteiger partial charge in [0.25, 0.3) is 0 Å². The molecule has 1 aliphatic carbocycles. The Bertz CT molecular complexity index is 158. The highest BCUT2D eigenvalue weighted by molar-refractivity contribution is 6.14. The number of hydrogen-bond acceptors (Lipinski definition) is 3. The minimum absolute atomic E-state index is 0.121. The summed E-state index contributed by atoms with van der Waals surface area (Å²) in [5.41, 5.74) is 0. The maximum absolute atomic E-state index is 10.3. The van der Waals surface area contributed by atoms with Gasteiger partial charge in [0.15, 0.2) is 11.6 Å². The van der Waals surface area contributed by atoms with E-state index in [0.29, 0.717) is 0 Å². The summed E-state index contributed by atoms with van der Waals surface area (Å²) in [7, 11) is 0. The summed E-state index contributed by atoms with van der Waals surface area (Å²) in [5.74, 6) is -0.241. The molecule has 0 aromatic carbocycles. The fourth-order valence-corrected chi connectivity index (χ4v) is 0.440. The molecule has 0 saturated heterocycles. The van der Waals surface area contributed by atoms with Gasteiger partial charge in [-0.05, 0) is 36.1 Å². The van der Waals surface area contributed by atoms with Gasteiger partial charge in [-0.25, -0.2) is 5.25 Å². The predicted molar refractivity (Wildman–Crippen MR) is 38.3 cm³/mol. The molecule has 0 aliphatic heterocycles. The molecule has 0 unspecified atom stereocenters. The normalized spacial score (nSPS) is 14.6. The van der Waals surface area contributed by atoms with E-state index in [1.165, 1.54) is 24.3 Å². The summed E-state index contributed by atoms with van der Waals surface area (Å²) in [6, 6.07) is 0. The fraction of sp³-hybridized carbons (Fsp3) is 0. The molecule has 0 atom stereocenters. The summed E-state index contributed by atoms with van der Waals surface area (Å²) in [6.07, 6.45) is 5.01. The number of ketones is 2. The molecular formula is C6H6ClNO2. The van der Waals surface area contributed by atoms with Crippen molar-refractivity contribution in [1.29, 1.82) is 0 Å². The third-order valence-electron chi connectivity index (χ3n) is 0.824. The number of allylic oxidation sites excluding steroid dienone is 4. The molecule has 0 radical (unpaired) electrons. The van der Waals surface area contributed by atoms with E-state index in [9.17, 15) is 9.59 Å². The molecule has 0 fully saturated rings. The molecule has 0 heterocycles. The first-order valence-electron chi connectivity index (χ1n) is 2.45. The second-order valence-corrected chi connectivity index (χ2v) is 1.47. The van der Waals surface area contributed by atoms with Crippen LogP contribution in [0.2, 0.25) is 0 Å². The summed E-state index contributed by atoms with van der Waals surface area (Å²) >= 11 is 4.14. The van der Waals surface area contributed by atoms with E-state index in [1.807, 2.05) is 0 Å². The van der Waals surface area contributed by atoms with Crippen LogP contribution in [-0.4, -0.2) is 11.6 Å². The van der Waals surface area contributed by atoms with Crippen LogP contribution in [0.3, 0.4) is 0 Å². The smallest absolute Gasteiger partial charge is 0.178 e. The monoisotopic (exact) mass is 159 g/mol. The van der Waals surface area contributed by atoms with Gasteiger partial charge in [0.1, 0.15) is 0 Å².